The number of ether oxygens (including phenoxy) is 1. The first-order valence-electron chi connectivity index (χ1n) is 9.95. The minimum Gasteiger partial charge on any atom is -0.389 e. The lowest BCUT2D eigenvalue weighted by Crippen LogP contribution is -2.56. The van der Waals surface area contributed by atoms with Crippen LogP contribution in [0.1, 0.15) is 49.6 Å². The van der Waals surface area contributed by atoms with Crippen LogP contribution in [0.25, 0.3) is 0 Å². The number of aryl methyl sites for hydroxylation is 2. The van der Waals surface area contributed by atoms with Crippen LogP contribution in [0, 0.1) is 25.7 Å². The van der Waals surface area contributed by atoms with Crippen molar-refractivity contribution in [3.05, 3.63) is 27.4 Å². The Labute approximate surface area is 160 Å². The van der Waals surface area contributed by atoms with Gasteiger partial charge in [0.25, 0.3) is 0 Å². The molecule has 7 heteroatoms. The second-order valence-corrected chi connectivity index (χ2v) is 8.10. The van der Waals surface area contributed by atoms with Gasteiger partial charge in [0, 0.05) is 50.0 Å². The number of likely N-dealkylation sites (tertiary alicyclic amines) is 1. The van der Waals surface area contributed by atoms with E-state index in [-0.39, 0.29) is 23.4 Å². The van der Waals surface area contributed by atoms with E-state index in [2.05, 4.69) is 16.9 Å². The van der Waals surface area contributed by atoms with E-state index in [1.54, 1.807) is 6.92 Å². The van der Waals surface area contributed by atoms with E-state index in [4.69, 9.17) is 4.74 Å². The molecule has 0 aromatic carbocycles. The highest BCUT2D eigenvalue weighted by Crippen LogP contribution is 2.39. The SMILES string of the molecule is Cc1nc(=O)[nH]c(C)c1CCC(=O)N1CC[C@@](O)(C2CCOCC2)[C@H](C)C1. The zero-order chi connectivity index (χ0) is 19.6. The fourth-order valence-corrected chi connectivity index (χ4v) is 4.68. The number of aromatic nitrogens is 2. The molecule has 0 unspecified atom stereocenters. The Hall–Kier alpha value is -1.73. The van der Waals surface area contributed by atoms with Gasteiger partial charge in [0.2, 0.25) is 5.91 Å². The van der Waals surface area contributed by atoms with Gasteiger partial charge in [-0.15, -0.1) is 0 Å². The Kier molecular flexibility index (Phi) is 6.01. The molecule has 3 heterocycles. The first-order valence-corrected chi connectivity index (χ1v) is 9.95. The van der Waals surface area contributed by atoms with E-state index in [1.165, 1.54) is 0 Å². The molecule has 2 atom stereocenters. The van der Waals surface area contributed by atoms with Crippen molar-refractivity contribution < 1.29 is 14.6 Å². The first kappa shape index (κ1) is 20.0. The molecule has 150 valence electrons. The van der Waals surface area contributed by atoms with Gasteiger partial charge in [0.1, 0.15) is 0 Å². The Morgan fingerprint density at radius 3 is 2.70 bits per heavy atom. The molecule has 2 aliphatic rings. The maximum absolute atomic E-state index is 12.7. The zero-order valence-electron chi connectivity index (χ0n) is 16.6. The number of carbonyl (C=O) groups is 1. The Balaban J connectivity index is 1.59. The molecule has 1 aromatic heterocycles. The predicted molar refractivity (Wildman–Crippen MR) is 102 cm³/mol. The van der Waals surface area contributed by atoms with Gasteiger partial charge in [0.05, 0.1) is 5.60 Å². The van der Waals surface area contributed by atoms with Crippen molar-refractivity contribution in [2.24, 2.45) is 11.8 Å². The number of aliphatic hydroxyl groups is 1. The van der Waals surface area contributed by atoms with E-state index in [1.807, 2.05) is 11.8 Å². The summed E-state index contributed by atoms with van der Waals surface area (Å²) >= 11 is 0. The molecule has 0 spiro atoms. The number of hydrogen-bond donors (Lipinski definition) is 2. The fourth-order valence-electron chi connectivity index (χ4n) is 4.68. The highest BCUT2D eigenvalue weighted by Gasteiger charge is 2.45. The van der Waals surface area contributed by atoms with Crippen molar-refractivity contribution in [1.29, 1.82) is 0 Å². The van der Waals surface area contributed by atoms with E-state index >= 15 is 0 Å². The maximum Gasteiger partial charge on any atom is 0.345 e. The Morgan fingerprint density at radius 2 is 2.07 bits per heavy atom. The van der Waals surface area contributed by atoms with E-state index in [0.717, 1.165) is 24.1 Å². The molecule has 0 bridgehead atoms. The van der Waals surface area contributed by atoms with Crippen LogP contribution in [0.15, 0.2) is 4.79 Å². The monoisotopic (exact) mass is 377 g/mol. The minimum atomic E-state index is -0.698. The summed E-state index contributed by atoms with van der Waals surface area (Å²) in [6.45, 7) is 8.32. The van der Waals surface area contributed by atoms with E-state index in [9.17, 15) is 14.7 Å². The summed E-state index contributed by atoms with van der Waals surface area (Å²) in [4.78, 5) is 32.6. The first-order chi connectivity index (χ1) is 12.8. The largest absolute Gasteiger partial charge is 0.389 e. The fraction of sp³-hybridized carbons (Fsp3) is 0.750. The van der Waals surface area contributed by atoms with Crippen LogP contribution in [0.2, 0.25) is 0 Å². The number of H-pyrrole nitrogens is 1. The van der Waals surface area contributed by atoms with Gasteiger partial charge < -0.3 is 19.7 Å². The molecule has 0 aliphatic carbocycles. The molecule has 1 aromatic rings. The van der Waals surface area contributed by atoms with Gasteiger partial charge in [-0.25, -0.2) is 4.79 Å². The zero-order valence-corrected chi connectivity index (χ0v) is 16.6. The smallest absolute Gasteiger partial charge is 0.345 e. The number of nitrogens with zero attached hydrogens (tertiary/aromatic N) is 2. The third-order valence-electron chi connectivity index (χ3n) is 6.45. The number of hydrogen-bond acceptors (Lipinski definition) is 5. The highest BCUT2D eigenvalue weighted by atomic mass is 16.5. The number of piperidine rings is 1. The number of aromatic amines is 1. The lowest BCUT2D eigenvalue weighted by atomic mass is 9.70. The van der Waals surface area contributed by atoms with Crippen molar-refractivity contribution in [1.82, 2.24) is 14.9 Å². The van der Waals surface area contributed by atoms with Gasteiger partial charge in [-0.2, -0.15) is 4.98 Å². The molecule has 2 N–H and O–H groups in total. The van der Waals surface area contributed by atoms with Gasteiger partial charge in [-0.05, 0) is 51.0 Å². The van der Waals surface area contributed by atoms with Crippen molar-refractivity contribution in [3.8, 4) is 0 Å². The molecule has 7 nitrogen and oxygen atoms in total. The standard InChI is InChI=1S/C20H31N3O4/c1-13-12-23(9-8-20(13,26)16-6-10-27-11-7-16)18(24)5-4-17-14(2)21-19(25)22-15(17)3/h13,16,26H,4-12H2,1-3H3,(H,21,22,25)/t13-,20+/m1/s1. The number of amides is 1. The van der Waals surface area contributed by atoms with Crippen LogP contribution < -0.4 is 5.69 Å². The van der Waals surface area contributed by atoms with Gasteiger partial charge in [-0.3, -0.25) is 4.79 Å². The van der Waals surface area contributed by atoms with Gasteiger partial charge in [-0.1, -0.05) is 6.92 Å². The van der Waals surface area contributed by atoms with Crippen LogP contribution in [-0.2, 0) is 16.0 Å². The predicted octanol–water partition coefficient (Wildman–Crippen LogP) is 1.35. The average Bonchev–Trinajstić information content (AvgIpc) is 2.63. The van der Waals surface area contributed by atoms with E-state index in [0.29, 0.717) is 51.3 Å². The van der Waals surface area contributed by atoms with Crippen LogP contribution in [-0.4, -0.2) is 57.8 Å². The van der Waals surface area contributed by atoms with Crippen molar-refractivity contribution in [2.45, 2.75) is 58.5 Å². The molecule has 2 saturated heterocycles. The lowest BCUT2D eigenvalue weighted by molar-refractivity contribution is -0.151. The summed E-state index contributed by atoms with van der Waals surface area (Å²) in [5.74, 6) is 0.411. The van der Waals surface area contributed by atoms with Crippen LogP contribution >= 0.6 is 0 Å². The summed E-state index contributed by atoms with van der Waals surface area (Å²) in [7, 11) is 0. The summed E-state index contributed by atoms with van der Waals surface area (Å²) in [5, 5.41) is 11.2. The highest BCUT2D eigenvalue weighted by molar-refractivity contribution is 5.76. The van der Waals surface area contributed by atoms with Crippen LogP contribution in [0.4, 0.5) is 0 Å². The summed E-state index contributed by atoms with van der Waals surface area (Å²) in [5.41, 5.74) is 1.35. The minimum absolute atomic E-state index is 0.0523. The number of rotatable bonds is 4. The molecule has 0 saturated carbocycles. The maximum atomic E-state index is 12.7. The second-order valence-electron chi connectivity index (χ2n) is 8.10. The van der Waals surface area contributed by atoms with E-state index < -0.39 is 5.60 Å². The van der Waals surface area contributed by atoms with Gasteiger partial charge in [0.15, 0.2) is 0 Å². The van der Waals surface area contributed by atoms with Crippen molar-refractivity contribution in [2.75, 3.05) is 26.3 Å². The Bertz CT molecular complexity index is 715. The summed E-state index contributed by atoms with van der Waals surface area (Å²) in [6.07, 6.45) is 3.37. The Morgan fingerprint density at radius 1 is 1.37 bits per heavy atom. The average molecular weight is 377 g/mol. The topological polar surface area (TPSA) is 95.5 Å². The van der Waals surface area contributed by atoms with Gasteiger partial charge >= 0.3 is 5.69 Å². The molecule has 27 heavy (non-hydrogen) atoms. The van der Waals surface area contributed by atoms with Crippen LogP contribution in [0.5, 0.6) is 0 Å². The van der Waals surface area contributed by atoms with Crippen molar-refractivity contribution in [3.63, 3.8) is 0 Å². The van der Waals surface area contributed by atoms with Crippen LogP contribution in [0.3, 0.4) is 0 Å². The molecule has 2 fully saturated rings. The quantitative estimate of drug-likeness (QED) is 0.826. The molecular formula is C20H31N3O4. The summed E-state index contributed by atoms with van der Waals surface area (Å²) < 4.78 is 5.43. The molecule has 2 aliphatic heterocycles. The second kappa shape index (κ2) is 8.10. The molecule has 1 amide bonds. The lowest BCUT2D eigenvalue weighted by Gasteiger charge is -2.48. The summed E-state index contributed by atoms with van der Waals surface area (Å²) in [6, 6.07) is 0. The van der Waals surface area contributed by atoms with Crippen molar-refractivity contribution >= 4 is 5.91 Å². The molecular weight excluding hydrogens is 346 g/mol. The molecule has 0 radical (unpaired) electrons. The third-order valence-corrected chi connectivity index (χ3v) is 6.45. The third kappa shape index (κ3) is 4.24. The number of nitrogens with one attached hydrogen (secondary N) is 1. The number of carbonyl (C=O) groups excluding carboxylic acids is 1. The molecule has 3 rings (SSSR count). The normalized spacial score (nSPS) is 27.0.